The number of rotatable bonds is 0. The molecule has 0 amide bonds. The minimum atomic E-state index is 0. The molecular formula is C12H28BFP. The fourth-order valence-corrected chi connectivity index (χ4v) is 9.06. The lowest BCUT2D eigenvalue weighted by atomic mass is 10.2. The zero-order valence-electron chi connectivity index (χ0n) is 11.9. The van der Waals surface area contributed by atoms with E-state index in [9.17, 15) is 0 Å². The lowest BCUT2D eigenvalue weighted by Gasteiger charge is -2.49. The van der Waals surface area contributed by atoms with Crippen molar-refractivity contribution >= 4 is 16.3 Å². The Hall–Kier alpha value is 0.425. The molecule has 91 valence electrons. The molecule has 0 bridgehead atoms. The molecular weight excluding hydrogens is 205 g/mol. The summed E-state index contributed by atoms with van der Waals surface area (Å²) >= 11 is 0. The first-order chi connectivity index (χ1) is 5.37. The number of hydrogen-bond donors (Lipinski definition) is 0. The van der Waals surface area contributed by atoms with Gasteiger partial charge in [-0.3, -0.25) is 4.70 Å². The van der Waals surface area contributed by atoms with Gasteiger partial charge in [0.05, 0.1) is 0 Å². The van der Waals surface area contributed by atoms with Crippen molar-refractivity contribution in [1.82, 2.24) is 0 Å². The molecule has 0 aliphatic heterocycles. The maximum atomic E-state index is 2.38. The highest BCUT2D eigenvalue weighted by molar-refractivity contribution is 7.62. The van der Waals surface area contributed by atoms with E-state index >= 15 is 0 Å². The summed E-state index contributed by atoms with van der Waals surface area (Å²) in [6.45, 7) is 21.5. The summed E-state index contributed by atoms with van der Waals surface area (Å²) < 4.78 is 0. The van der Waals surface area contributed by atoms with Gasteiger partial charge in [-0.1, -0.05) is 70.2 Å². The van der Waals surface area contributed by atoms with Crippen molar-refractivity contribution in [2.45, 2.75) is 77.8 Å². The Kier molecular flexibility index (Phi) is 7.85. The molecule has 0 nitrogen and oxygen atoms in total. The van der Waals surface area contributed by atoms with E-state index in [-0.39, 0.29) is 21.0 Å². The lowest BCUT2D eigenvalue weighted by Crippen LogP contribution is -2.34. The summed E-state index contributed by atoms with van der Waals surface area (Å²) in [5.74, 6) is 0. The molecule has 3 radical (unpaired) electrons. The average molecular weight is 233 g/mol. The van der Waals surface area contributed by atoms with E-state index in [4.69, 9.17) is 0 Å². The molecule has 3 heteroatoms. The highest BCUT2D eigenvalue weighted by Crippen LogP contribution is 2.66. The molecule has 0 aliphatic rings. The van der Waals surface area contributed by atoms with Gasteiger partial charge in [-0.25, -0.2) is 0 Å². The number of halogens is 1. The van der Waals surface area contributed by atoms with Crippen molar-refractivity contribution in [2.24, 2.45) is 0 Å². The second-order valence-corrected chi connectivity index (χ2v) is 11.5. The van der Waals surface area contributed by atoms with Crippen LogP contribution in [0.1, 0.15) is 62.3 Å². The van der Waals surface area contributed by atoms with Gasteiger partial charge in [-0.15, -0.1) is 0 Å². The molecule has 0 unspecified atom stereocenters. The van der Waals surface area contributed by atoms with Crippen LogP contribution < -0.4 is 0 Å². The van der Waals surface area contributed by atoms with Crippen LogP contribution in [-0.2, 0) is 0 Å². The lowest BCUT2D eigenvalue weighted by molar-refractivity contribution is 0.644. The average Bonchev–Trinajstić information content (AvgIpc) is 1.44. The largest absolute Gasteiger partial charge is 0.269 e. The van der Waals surface area contributed by atoms with E-state index in [2.05, 4.69) is 62.3 Å². The van der Waals surface area contributed by atoms with Crippen LogP contribution in [0.15, 0.2) is 0 Å². The van der Waals surface area contributed by atoms with Crippen LogP contribution in [0.5, 0.6) is 0 Å². The standard InChI is InChI=1S/C12H27P.B.FH/c1-10(2,3)13(11(4,5)6)12(7,8)9;;/h1-9H3;;1H. The van der Waals surface area contributed by atoms with Crippen molar-refractivity contribution in [2.75, 3.05) is 0 Å². The highest BCUT2D eigenvalue weighted by atomic mass is 31.1. The molecule has 0 saturated carbocycles. The van der Waals surface area contributed by atoms with Crippen LogP contribution >= 0.6 is 7.92 Å². The van der Waals surface area contributed by atoms with Crippen molar-refractivity contribution in [1.29, 1.82) is 0 Å². The molecule has 0 heterocycles. The summed E-state index contributed by atoms with van der Waals surface area (Å²) in [5, 5.41) is 1.35. The van der Waals surface area contributed by atoms with Crippen LogP contribution in [0.25, 0.3) is 0 Å². The van der Waals surface area contributed by atoms with Gasteiger partial charge in [0.1, 0.15) is 0 Å². The van der Waals surface area contributed by atoms with Gasteiger partial charge in [0.2, 0.25) is 0 Å². The fraction of sp³-hybridized carbons (Fsp3) is 1.00. The molecule has 0 aromatic rings. The first kappa shape index (κ1) is 20.8. The first-order valence-corrected chi connectivity index (χ1v) is 6.51. The van der Waals surface area contributed by atoms with Gasteiger partial charge in [-0.05, 0) is 15.5 Å². The van der Waals surface area contributed by atoms with E-state index in [1.54, 1.807) is 0 Å². The minimum Gasteiger partial charge on any atom is -0.269 e. The van der Waals surface area contributed by atoms with Gasteiger partial charge in [0.25, 0.3) is 0 Å². The Morgan fingerprint density at radius 2 is 0.667 bits per heavy atom. The Labute approximate surface area is 99.3 Å². The third-order valence-corrected chi connectivity index (χ3v) is 6.04. The normalized spacial score (nSPS) is 13.2. The Bertz CT molecular complexity index is 138. The van der Waals surface area contributed by atoms with Crippen LogP contribution in [0.3, 0.4) is 0 Å². The van der Waals surface area contributed by atoms with Crippen LogP contribution in [0.4, 0.5) is 4.70 Å². The third-order valence-electron chi connectivity index (χ3n) is 2.01. The van der Waals surface area contributed by atoms with Gasteiger partial charge >= 0.3 is 0 Å². The van der Waals surface area contributed by atoms with Crippen molar-refractivity contribution in [3.8, 4) is 0 Å². The van der Waals surface area contributed by atoms with Crippen LogP contribution in [-0.4, -0.2) is 23.9 Å². The van der Waals surface area contributed by atoms with E-state index in [1.807, 2.05) is 0 Å². The predicted octanol–water partition coefficient (Wildman–Crippen LogP) is 4.64. The Balaban J connectivity index is -0.000000720. The first-order valence-electron chi connectivity index (χ1n) is 5.17. The molecule has 0 saturated heterocycles. The van der Waals surface area contributed by atoms with E-state index in [0.717, 1.165) is 0 Å². The minimum absolute atomic E-state index is 0. The summed E-state index contributed by atoms with van der Waals surface area (Å²) in [5.41, 5.74) is 0. The predicted molar refractivity (Wildman–Crippen MR) is 74.4 cm³/mol. The van der Waals surface area contributed by atoms with Crippen molar-refractivity contribution in [3.63, 3.8) is 0 Å². The zero-order valence-corrected chi connectivity index (χ0v) is 12.8. The van der Waals surface area contributed by atoms with Crippen molar-refractivity contribution < 1.29 is 4.70 Å². The fourth-order valence-electron chi connectivity index (χ4n) is 3.02. The van der Waals surface area contributed by atoms with Crippen LogP contribution in [0, 0.1) is 0 Å². The highest BCUT2D eigenvalue weighted by Gasteiger charge is 2.41. The molecule has 0 rings (SSSR count). The van der Waals surface area contributed by atoms with E-state index < -0.39 is 0 Å². The molecule has 0 atom stereocenters. The molecule has 15 heavy (non-hydrogen) atoms. The molecule has 0 aliphatic carbocycles. The molecule has 0 N–H and O–H groups in total. The van der Waals surface area contributed by atoms with Crippen molar-refractivity contribution in [3.05, 3.63) is 0 Å². The SMILES string of the molecule is CC(C)(C)P(C(C)(C)C)C(C)(C)C.F.[B]. The second-order valence-electron chi connectivity index (χ2n) is 6.85. The monoisotopic (exact) mass is 233 g/mol. The quantitative estimate of drug-likeness (QED) is 0.422. The van der Waals surface area contributed by atoms with Gasteiger partial charge < -0.3 is 0 Å². The molecule has 0 fully saturated rings. The third kappa shape index (κ3) is 6.56. The topological polar surface area (TPSA) is 0 Å². The smallest absolute Gasteiger partial charge is 0 e. The maximum absolute atomic E-state index is 2.38. The Morgan fingerprint density at radius 1 is 0.533 bits per heavy atom. The van der Waals surface area contributed by atoms with E-state index in [0.29, 0.717) is 15.5 Å². The number of hydrogen-bond acceptors (Lipinski definition) is 0. The maximum Gasteiger partial charge on any atom is 0 e. The zero-order chi connectivity index (χ0) is 11.1. The molecule has 0 spiro atoms. The molecule has 0 aromatic heterocycles. The second kappa shape index (κ2) is 5.66. The van der Waals surface area contributed by atoms with Gasteiger partial charge in [0.15, 0.2) is 0 Å². The summed E-state index contributed by atoms with van der Waals surface area (Å²) in [6, 6.07) is 0. The van der Waals surface area contributed by atoms with Gasteiger partial charge in [0, 0.05) is 8.41 Å². The van der Waals surface area contributed by atoms with Gasteiger partial charge in [-0.2, -0.15) is 0 Å². The summed E-state index contributed by atoms with van der Waals surface area (Å²) in [6.07, 6.45) is 0. The Morgan fingerprint density at radius 3 is 0.667 bits per heavy atom. The molecule has 0 aromatic carbocycles. The summed E-state index contributed by atoms with van der Waals surface area (Å²) in [7, 11) is 0.0162. The summed E-state index contributed by atoms with van der Waals surface area (Å²) in [4.78, 5) is 0. The van der Waals surface area contributed by atoms with E-state index in [1.165, 1.54) is 0 Å². The van der Waals surface area contributed by atoms with Crippen LogP contribution in [0.2, 0.25) is 0 Å².